The van der Waals surface area contributed by atoms with Gasteiger partial charge < -0.3 is 15.0 Å². The molecule has 0 atom stereocenters. The summed E-state index contributed by atoms with van der Waals surface area (Å²) in [6.45, 7) is 8.47. The molecule has 0 bridgehead atoms. The first-order chi connectivity index (χ1) is 13.6. The number of rotatable bonds is 7. The van der Waals surface area contributed by atoms with Crippen LogP contribution in [0.15, 0.2) is 52.1 Å². The number of halogens is 5. The van der Waals surface area contributed by atoms with Crippen LogP contribution in [-0.2, 0) is 4.74 Å². The minimum atomic E-state index is -4.54. The number of allylic oxidation sites excluding steroid dienone is 2. The SMILES string of the molecule is C=C(/N=C(C)\C(=C/C)C(F)(F)F)Nc1ccc(N2CCOCC2)cc1SC(F)F. The number of alkyl halides is 5. The van der Waals surface area contributed by atoms with Gasteiger partial charge in [0.25, 0.3) is 5.76 Å². The van der Waals surface area contributed by atoms with Crippen molar-refractivity contribution in [3.05, 3.63) is 42.2 Å². The number of thioether (sulfide) groups is 1. The average Bonchev–Trinajstić information content (AvgIpc) is 2.62. The highest BCUT2D eigenvalue weighted by molar-refractivity contribution is 7.99. The molecule has 0 aliphatic carbocycles. The lowest BCUT2D eigenvalue weighted by Gasteiger charge is -2.29. The van der Waals surface area contributed by atoms with E-state index in [4.69, 9.17) is 4.74 Å². The third-order valence-corrected chi connectivity index (χ3v) is 4.89. The van der Waals surface area contributed by atoms with Crippen molar-refractivity contribution in [1.29, 1.82) is 0 Å². The number of nitrogens with zero attached hydrogens (tertiary/aromatic N) is 2. The summed E-state index contributed by atoms with van der Waals surface area (Å²) in [5.41, 5.74) is -0.0979. The average molecular weight is 435 g/mol. The highest BCUT2D eigenvalue weighted by Crippen LogP contribution is 2.36. The zero-order valence-electron chi connectivity index (χ0n) is 16.0. The lowest BCUT2D eigenvalue weighted by Crippen LogP contribution is -2.36. The van der Waals surface area contributed by atoms with E-state index in [9.17, 15) is 22.0 Å². The van der Waals surface area contributed by atoms with E-state index in [2.05, 4.69) is 16.9 Å². The Morgan fingerprint density at radius 3 is 2.52 bits per heavy atom. The zero-order chi connectivity index (χ0) is 21.6. The fraction of sp³-hybridized carbons (Fsp3) is 0.421. The van der Waals surface area contributed by atoms with E-state index >= 15 is 0 Å². The molecule has 160 valence electrons. The summed E-state index contributed by atoms with van der Waals surface area (Å²) in [4.78, 5) is 6.11. The predicted molar refractivity (Wildman–Crippen MR) is 107 cm³/mol. The van der Waals surface area contributed by atoms with Gasteiger partial charge in [0.1, 0.15) is 5.82 Å². The van der Waals surface area contributed by atoms with Crippen molar-refractivity contribution in [3.8, 4) is 0 Å². The summed E-state index contributed by atoms with van der Waals surface area (Å²) in [7, 11) is 0. The second-order valence-electron chi connectivity index (χ2n) is 6.13. The van der Waals surface area contributed by atoms with Gasteiger partial charge in [-0.1, -0.05) is 24.4 Å². The number of aliphatic imine (C=N–C) groups is 1. The lowest BCUT2D eigenvalue weighted by atomic mass is 10.1. The van der Waals surface area contributed by atoms with Gasteiger partial charge in [-0.25, -0.2) is 4.99 Å². The number of benzene rings is 1. The van der Waals surface area contributed by atoms with Gasteiger partial charge in [0, 0.05) is 23.7 Å². The van der Waals surface area contributed by atoms with E-state index in [-0.39, 0.29) is 16.4 Å². The van der Waals surface area contributed by atoms with Crippen LogP contribution >= 0.6 is 11.8 Å². The summed E-state index contributed by atoms with van der Waals surface area (Å²) in [5, 5.41) is 2.73. The van der Waals surface area contributed by atoms with Crippen molar-refractivity contribution in [3.63, 3.8) is 0 Å². The van der Waals surface area contributed by atoms with E-state index in [1.165, 1.54) is 13.8 Å². The van der Waals surface area contributed by atoms with Gasteiger partial charge in [0.05, 0.1) is 30.2 Å². The molecule has 4 nitrogen and oxygen atoms in total. The van der Waals surface area contributed by atoms with Crippen LogP contribution < -0.4 is 10.2 Å². The second-order valence-corrected chi connectivity index (χ2v) is 7.16. The molecule has 0 aromatic heterocycles. The van der Waals surface area contributed by atoms with Crippen molar-refractivity contribution in [1.82, 2.24) is 0 Å². The first kappa shape index (κ1) is 23.2. The Balaban J connectivity index is 2.24. The molecule has 1 aliphatic heterocycles. The van der Waals surface area contributed by atoms with Crippen LogP contribution in [0.2, 0.25) is 0 Å². The minimum absolute atomic E-state index is 0.0821. The van der Waals surface area contributed by atoms with Crippen molar-refractivity contribution in [2.75, 3.05) is 36.5 Å². The highest BCUT2D eigenvalue weighted by Gasteiger charge is 2.34. The molecule has 2 rings (SSSR count). The van der Waals surface area contributed by atoms with E-state index in [0.717, 1.165) is 11.8 Å². The van der Waals surface area contributed by atoms with E-state index in [1.807, 2.05) is 4.90 Å². The smallest absolute Gasteiger partial charge is 0.378 e. The van der Waals surface area contributed by atoms with Crippen molar-refractivity contribution in [2.24, 2.45) is 4.99 Å². The Morgan fingerprint density at radius 1 is 1.31 bits per heavy atom. The lowest BCUT2D eigenvalue weighted by molar-refractivity contribution is -0.0862. The fourth-order valence-corrected chi connectivity index (χ4v) is 3.48. The molecule has 10 heteroatoms. The van der Waals surface area contributed by atoms with Gasteiger partial charge >= 0.3 is 6.18 Å². The first-order valence-corrected chi connectivity index (χ1v) is 9.66. The zero-order valence-corrected chi connectivity index (χ0v) is 16.8. The molecule has 1 aromatic rings. The fourth-order valence-electron chi connectivity index (χ4n) is 2.85. The third kappa shape index (κ3) is 6.74. The van der Waals surface area contributed by atoms with Gasteiger partial charge in [-0.05, 0) is 32.0 Å². The number of anilines is 2. The Labute approximate surface area is 170 Å². The number of nitrogens with one attached hydrogen (secondary N) is 1. The quantitative estimate of drug-likeness (QED) is 0.339. The van der Waals surface area contributed by atoms with Crippen LogP contribution in [0.3, 0.4) is 0 Å². The van der Waals surface area contributed by atoms with Crippen LogP contribution in [0.25, 0.3) is 0 Å². The van der Waals surface area contributed by atoms with Gasteiger partial charge in [-0.15, -0.1) is 0 Å². The first-order valence-electron chi connectivity index (χ1n) is 8.78. The molecular formula is C19H22F5N3OS. The number of ether oxygens (including phenoxy) is 1. The Morgan fingerprint density at radius 2 is 1.97 bits per heavy atom. The molecular weight excluding hydrogens is 413 g/mol. The topological polar surface area (TPSA) is 36.9 Å². The summed E-state index contributed by atoms with van der Waals surface area (Å²) in [6, 6.07) is 4.95. The van der Waals surface area contributed by atoms with Gasteiger partial charge in [0.2, 0.25) is 0 Å². The van der Waals surface area contributed by atoms with Crippen molar-refractivity contribution >= 4 is 28.8 Å². The van der Waals surface area contributed by atoms with Crippen LogP contribution in [0, 0.1) is 0 Å². The monoisotopic (exact) mass is 435 g/mol. The molecule has 0 saturated carbocycles. The molecule has 1 aromatic carbocycles. The molecule has 1 N–H and O–H groups in total. The van der Waals surface area contributed by atoms with E-state index in [1.54, 1.807) is 18.2 Å². The maximum atomic E-state index is 13.0. The summed E-state index contributed by atoms with van der Waals surface area (Å²) in [6.07, 6.45) is -3.62. The molecule has 29 heavy (non-hydrogen) atoms. The Bertz CT molecular complexity index is 787. The maximum Gasteiger partial charge on any atom is 0.417 e. The van der Waals surface area contributed by atoms with Gasteiger partial charge in [-0.3, -0.25) is 0 Å². The van der Waals surface area contributed by atoms with Crippen LogP contribution in [0.4, 0.5) is 33.3 Å². The minimum Gasteiger partial charge on any atom is -0.378 e. The predicted octanol–water partition coefficient (Wildman–Crippen LogP) is 5.69. The molecule has 0 radical (unpaired) electrons. The molecule has 0 spiro atoms. The van der Waals surface area contributed by atoms with Crippen LogP contribution in [0.1, 0.15) is 13.8 Å². The summed E-state index contributed by atoms with van der Waals surface area (Å²) < 4.78 is 70.3. The molecule has 1 fully saturated rings. The van der Waals surface area contributed by atoms with Crippen molar-refractivity contribution in [2.45, 2.75) is 30.7 Å². The molecule has 1 aliphatic rings. The number of morpholine rings is 1. The standard InChI is InChI=1S/C19H22F5N3OS/c1-4-15(19(22,23)24)12(2)25-13(3)26-16-6-5-14(11-17(16)29-18(20)21)27-7-9-28-10-8-27/h4-6,11,18,26H,3,7-10H2,1-2H3/b15-4+,25-12-. The van der Waals surface area contributed by atoms with E-state index in [0.29, 0.717) is 43.8 Å². The summed E-state index contributed by atoms with van der Waals surface area (Å²) >= 11 is 0.344. The number of hydrogen-bond acceptors (Lipinski definition) is 5. The van der Waals surface area contributed by atoms with Gasteiger partial charge in [0.15, 0.2) is 0 Å². The normalized spacial score (nSPS) is 16.3. The molecule has 1 saturated heterocycles. The van der Waals surface area contributed by atoms with Gasteiger partial charge in [-0.2, -0.15) is 22.0 Å². The summed E-state index contributed by atoms with van der Waals surface area (Å²) in [5.74, 6) is -2.74. The van der Waals surface area contributed by atoms with E-state index < -0.39 is 17.5 Å². The molecule has 1 heterocycles. The highest BCUT2D eigenvalue weighted by atomic mass is 32.2. The second kappa shape index (κ2) is 10.1. The largest absolute Gasteiger partial charge is 0.417 e. The van der Waals surface area contributed by atoms with Crippen LogP contribution in [-0.4, -0.2) is 43.9 Å². The van der Waals surface area contributed by atoms with Crippen molar-refractivity contribution < 1.29 is 26.7 Å². The molecule has 0 unspecified atom stereocenters. The molecule has 0 amide bonds. The number of hydrogen-bond donors (Lipinski definition) is 1. The van der Waals surface area contributed by atoms with Crippen LogP contribution in [0.5, 0.6) is 0 Å². The third-order valence-electron chi connectivity index (χ3n) is 4.12. The Kier molecular flexibility index (Phi) is 8.09. The maximum absolute atomic E-state index is 13.0. The Hall–Kier alpha value is -2.07.